The smallest absolute Gasteiger partial charge is 0.222 e. The fourth-order valence-corrected chi connectivity index (χ4v) is 0.839. The molecule has 0 saturated heterocycles. The Bertz CT molecular complexity index is 391. The largest absolute Gasteiger partial charge is 0.368 e. The van der Waals surface area contributed by atoms with Gasteiger partial charge < -0.3 is 5.73 Å². The number of nitrogens with two attached hydrogens (primary N) is 1. The van der Waals surface area contributed by atoms with Crippen LogP contribution in [0.25, 0.3) is 11.2 Å². The van der Waals surface area contributed by atoms with E-state index in [0.717, 1.165) is 0 Å². The van der Waals surface area contributed by atoms with Crippen LogP contribution in [-0.2, 0) is 7.05 Å². The minimum Gasteiger partial charge on any atom is -0.368 e. The Morgan fingerprint density at radius 1 is 1.45 bits per heavy atom. The van der Waals surface area contributed by atoms with Crippen LogP contribution >= 0.6 is 0 Å². The highest BCUT2D eigenvalue weighted by Gasteiger charge is 2.00. The van der Waals surface area contributed by atoms with E-state index < -0.39 is 0 Å². The highest BCUT2D eigenvalue weighted by atomic mass is 15.5. The van der Waals surface area contributed by atoms with Gasteiger partial charge in [0.1, 0.15) is 0 Å². The molecule has 0 unspecified atom stereocenters. The zero-order chi connectivity index (χ0) is 7.84. The number of rotatable bonds is 0. The Balaban J connectivity index is 2.82. The van der Waals surface area contributed by atoms with Crippen LogP contribution in [0, 0.1) is 0 Å². The molecule has 0 aliphatic heterocycles. The summed E-state index contributed by atoms with van der Waals surface area (Å²) in [4.78, 5) is 9.07. The zero-order valence-electron chi connectivity index (χ0n) is 5.89. The zero-order valence-corrected chi connectivity index (χ0v) is 5.89. The van der Waals surface area contributed by atoms with Crippen molar-refractivity contribution in [2.24, 2.45) is 7.05 Å². The number of hydrogen-bond acceptors (Lipinski definition) is 5. The van der Waals surface area contributed by atoms with Crippen LogP contribution in [0.4, 0.5) is 5.95 Å². The van der Waals surface area contributed by atoms with Gasteiger partial charge in [0.05, 0.1) is 6.20 Å². The number of hydrogen-bond donors (Lipinski definition) is 1. The Morgan fingerprint density at radius 3 is 3.09 bits per heavy atom. The van der Waals surface area contributed by atoms with Crippen LogP contribution in [-0.4, -0.2) is 25.0 Å². The first-order chi connectivity index (χ1) is 5.25. The molecule has 2 heterocycles. The minimum atomic E-state index is 0.220. The summed E-state index contributed by atoms with van der Waals surface area (Å²) in [5, 5.41) is 7.93. The first-order valence-corrected chi connectivity index (χ1v) is 3.05. The van der Waals surface area contributed by atoms with Crippen LogP contribution in [0.1, 0.15) is 0 Å². The molecule has 0 atom stereocenters. The van der Waals surface area contributed by atoms with E-state index in [1.807, 2.05) is 0 Å². The van der Waals surface area contributed by atoms with Crippen molar-refractivity contribution in [1.29, 1.82) is 0 Å². The third-order valence-electron chi connectivity index (χ3n) is 1.26. The highest BCUT2D eigenvalue weighted by molar-refractivity contribution is 5.68. The van der Waals surface area contributed by atoms with E-state index in [1.54, 1.807) is 13.2 Å². The van der Waals surface area contributed by atoms with Crippen molar-refractivity contribution in [3.63, 3.8) is 0 Å². The summed E-state index contributed by atoms with van der Waals surface area (Å²) in [7, 11) is 1.72. The fourth-order valence-electron chi connectivity index (χ4n) is 0.839. The molecule has 2 N–H and O–H groups in total. The molecule has 11 heavy (non-hydrogen) atoms. The van der Waals surface area contributed by atoms with E-state index in [0.29, 0.717) is 11.2 Å². The van der Waals surface area contributed by atoms with E-state index in [-0.39, 0.29) is 5.95 Å². The molecule has 0 amide bonds. The lowest BCUT2D eigenvalue weighted by Crippen LogP contribution is -1.93. The lowest BCUT2D eigenvalue weighted by atomic mass is 10.6. The van der Waals surface area contributed by atoms with E-state index >= 15 is 0 Å². The van der Waals surface area contributed by atoms with Crippen LogP contribution in [0.2, 0.25) is 0 Å². The number of fused-ring (bicyclic) bond motifs is 1. The average Bonchev–Trinajstić information content (AvgIpc) is 2.27. The maximum atomic E-state index is 5.33. The van der Waals surface area contributed by atoms with Gasteiger partial charge in [0.2, 0.25) is 11.6 Å². The first-order valence-electron chi connectivity index (χ1n) is 3.05. The summed E-state index contributed by atoms with van der Waals surface area (Å²) in [6.07, 6.45) is 1.55. The first kappa shape index (κ1) is 6.02. The predicted octanol–water partition coefficient (Wildman–Crippen LogP) is -0.660. The van der Waals surface area contributed by atoms with Crippen molar-refractivity contribution >= 4 is 17.1 Å². The van der Waals surface area contributed by atoms with Crippen molar-refractivity contribution in [2.45, 2.75) is 0 Å². The van der Waals surface area contributed by atoms with Gasteiger partial charge in [-0.1, -0.05) is 0 Å². The van der Waals surface area contributed by atoms with Crippen molar-refractivity contribution in [3.05, 3.63) is 6.20 Å². The number of anilines is 1. The van der Waals surface area contributed by atoms with Gasteiger partial charge in [-0.2, -0.15) is 14.9 Å². The molecule has 0 bridgehead atoms. The molecule has 0 aromatic carbocycles. The van der Waals surface area contributed by atoms with Gasteiger partial charge in [-0.3, -0.25) is 0 Å². The average molecular weight is 150 g/mol. The summed E-state index contributed by atoms with van der Waals surface area (Å²) < 4.78 is 0. The van der Waals surface area contributed by atoms with E-state index in [4.69, 9.17) is 5.73 Å². The monoisotopic (exact) mass is 150 g/mol. The van der Waals surface area contributed by atoms with Crippen molar-refractivity contribution in [3.8, 4) is 0 Å². The topological polar surface area (TPSA) is 82.5 Å². The predicted molar refractivity (Wildman–Crippen MR) is 38.5 cm³/mol. The third kappa shape index (κ3) is 0.878. The summed E-state index contributed by atoms with van der Waals surface area (Å²) in [6.45, 7) is 0. The van der Waals surface area contributed by atoms with Gasteiger partial charge >= 0.3 is 0 Å². The SMILES string of the molecule is Cn1nc2cnc(N)nc2n1. The molecule has 0 aliphatic carbocycles. The van der Waals surface area contributed by atoms with Crippen molar-refractivity contribution in [2.75, 3.05) is 5.73 Å². The standard InChI is InChI=1S/C5H6N6/c1-11-9-3-2-7-5(6)8-4(3)10-11/h2H,1H3,(H2,6,8,10). The molecule has 2 aromatic heterocycles. The lowest BCUT2D eigenvalue weighted by molar-refractivity contribution is 0.663. The summed E-state index contributed by atoms with van der Waals surface area (Å²) in [5.74, 6) is 0.220. The highest BCUT2D eigenvalue weighted by Crippen LogP contribution is 2.03. The van der Waals surface area contributed by atoms with Crippen molar-refractivity contribution < 1.29 is 0 Å². The van der Waals surface area contributed by atoms with Gasteiger partial charge in [0.25, 0.3) is 0 Å². The molecular formula is C5H6N6. The molecule has 2 aromatic rings. The number of aromatic nitrogens is 5. The molecule has 6 heteroatoms. The second-order valence-electron chi connectivity index (χ2n) is 2.13. The van der Waals surface area contributed by atoms with Gasteiger partial charge in [-0.05, 0) is 0 Å². The lowest BCUT2D eigenvalue weighted by Gasteiger charge is -1.85. The van der Waals surface area contributed by atoms with Gasteiger partial charge in [-0.15, -0.1) is 5.10 Å². The molecule has 0 spiro atoms. The van der Waals surface area contributed by atoms with Crippen LogP contribution in [0.5, 0.6) is 0 Å². The Morgan fingerprint density at radius 2 is 2.27 bits per heavy atom. The Hall–Kier alpha value is -1.72. The molecule has 0 radical (unpaired) electrons. The van der Waals surface area contributed by atoms with Crippen LogP contribution in [0.3, 0.4) is 0 Å². The Labute approximate surface area is 62.1 Å². The van der Waals surface area contributed by atoms with Gasteiger partial charge in [0, 0.05) is 7.05 Å². The second-order valence-corrected chi connectivity index (χ2v) is 2.13. The fraction of sp³-hybridized carbons (Fsp3) is 0.200. The van der Waals surface area contributed by atoms with Crippen LogP contribution < -0.4 is 5.73 Å². The molecular weight excluding hydrogens is 144 g/mol. The Kier molecular flexibility index (Phi) is 1.03. The van der Waals surface area contributed by atoms with Gasteiger partial charge in [0.15, 0.2) is 5.52 Å². The quantitative estimate of drug-likeness (QED) is 0.539. The molecule has 0 saturated carbocycles. The molecule has 6 nitrogen and oxygen atoms in total. The number of nitrogens with zero attached hydrogens (tertiary/aromatic N) is 5. The van der Waals surface area contributed by atoms with Crippen LogP contribution in [0.15, 0.2) is 6.20 Å². The van der Waals surface area contributed by atoms with E-state index in [9.17, 15) is 0 Å². The molecule has 56 valence electrons. The summed E-state index contributed by atoms with van der Waals surface area (Å²) in [6, 6.07) is 0. The summed E-state index contributed by atoms with van der Waals surface area (Å²) in [5.41, 5.74) is 6.52. The number of aryl methyl sites for hydroxylation is 1. The maximum Gasteiger partial charge on any atom is 0.222 e. The molecule has 2 rings (SSSR count). The maximum absolute atomic E-state index is 5.33. The third-order valence-corrected chi connectivity index (χ3v) is 1.26. The normalized spacial score (nSPS) is 10.6. The summed E-state index contributed by atoms with van der Waals surface area (Å²) >= 11 is 0. The van der Waals surface area contributed by atoms with Crippen molar-refractivity contribution in [1.82, 2.24) is 25.0 Å². The molecule has 0 fully saturated rings. The van der Waals surface area contributed by atoms with E-state index in [2.05, 4.69) is 20.2 Å². The molecule has 0 aliphatic rings. The van der Waals surface area contributed by atoms with Gasteiger partial charge in [-0.25, -0.2) is 4.98 Å². The second kappa shape index (κ2) is 1.88. The number of nitrogen functional groups attached to an aromatic ring is 1. The van der Waals surface area contributed by atoms with E-state index in [1.165, 1.54) is 4.80 Å². The minimum absolute atomic E-state index is 0.220.